The lowest BCUT2D eigenvalue weighted by Gasteiger charge is -2.12. The zero-order chi connectivity index (χ0) is 14.2. The molecule has 6 heteroatoms. The molecule has 0 amide bonds. The number of anilines is 1. The summed E-state index contributed by atoms with van der Waals surface area (Å²) < 4.78 is 5.10. The summed E-state index contributed by atoms with van der Waals surface area (Å²) in [5.74, 6) is 0.580. The summed E-state index contributed by atoms with van der Waals surface area (Å²) >= 11 is 24.3. The zero-order valence-corrected chi connectivity index (χ0v) is 12.8. The third-order valence-electron chi connectivity index (χ3n) is 2.63. The van der Waals surface area contributed by atoms with Crippen LogP contribution in [0.4, 0.5) is 5.69 Å². The monoisotopic (exact) mass is 335 g/mol. The number of ether oxygens (including phenoxy) is 1. The normalized spacial score (nSPS) is 10.6. The van der Waals surface area contributed by atoms with Crippen LogP contribution in [0.3, 0.4) is 0 Å². The van der Waals surface area contributed by atoms with Crippen molar-refractivity contribution >= 4 is 52.1 Å². The van der Waals surface area contributed by atoms with Gasteiger partial charge in [0.2, 0.25) is 0 Å². The molecule has 0 atom stereocenters. The molecule has 2 rings (SSSR count). The van der Waals surface area contributed by atoms with Crippen LogP contribution >= 0.6 is 46.4 Å². The predicted molar refractivity (Wildman–Crippen MR) is 82.9 cm³/mol. The molecule has 0 spiro atoms. The summed E-state index contributed by atoms with van der Waals surface area (Å²) in [7, 11) is 1.55. The van der Waals surface area contributed by atoms with Crippen LogP contribution < -0.4 is 10.5 Å². The smallest absolute Gasteiger partial charge is 0.141 e. The molecule has 0 saturated carbocycles. The van der Waals surface area contributed by atoms with Crippen molar-refractivity contribution < 1.29 is 4.74 Å². The van der Waals surface area contributed by atoms with Crippen molar-refractivity contribution in [1.29, 1.82) is 0 Å². The van der Waals surface area contributed by atoms with Gasteiger partial charge in [-0.15, -0.1) is 0 Å². The highest BCUT2D eigenvalue weighted by Crippen LogP contribution is 2.44. The van der Waals surface area contributed by atoms with Crippen LogP contribution in [0.15, 0.2) is 24.3 Å². The zero-order valence-electron chi connectivity index (χ0n) is 9.81. The van der Waals surface area contributed by atoms with Crippen molar-refractivity contribution in [2.24, 2.45) is 0 Å². The van der Waals surface area contributed by atoms with Gasteiger partial charge in [-0.1, -0.05) is 52.5 Å². The van der Waals surface area contributed by atoms with E-state index in [4.69, 9.17) is 56.9 Å². The lowest BCUT2D eigenvalue weighted by molar-refractivity contribution is 0.417. The standard InChI is InChI=1S/C13H9Cl4NO/c1-19-10-3-2-6(4-9(10)18)11-7(14)5-8(15)12(16)13(11)17/h2-5H,18H2,1H3. The summed E-state index contributed by atoms with van der Waals surface area (Å²) in [4.78, 5) is 0. The van der Waals surface area contributed by atoms with Crippen LogP contribution in [-0.4, -0.2) is 7.11 Å². The molecule has 0 aliphatic carbocycles. The van der Waals surface area contributed by atoms with E-state index in [0.29, 0.717) is 32.1 Å². The Kier molecular flexibility index (Phi) is 4.36. The Balaban J connectivity index is 2.66. The van der Waals surface area contributed by atoms with E-state index in [9.17, 15) is 0 Å². The highest BCUT2D eigenvalue weighted by Gasteiger charge is 2.16. The number of methoxy groups -OCH3 is 1. The fraction of sp³-hybridized carbons (Fsp3) is 0.0769. The Hall–Kier alpha value is -0.800. The van der Waals surface area contributed by atoms with Gasteiger partial charge in [0.05, 0.1) is 32.9 Å². The molecule has 0 aliphatic rings. The number of rotatable bonds is 2. The highest BCUT2D eigenvalue weighted by molar-refractivity contribution is 6.51. The number of halogens is 4. The van der Waals surface area contributed by atoms with Crippen molar-refractivity contribution in [3.05, 3.63) is 44.4 Å². The van der Waals surface area contributed by atoms with E-state index in [0.717, 1.165) is 5.56 Å². The third kappa shape index (κ3) is 2.72. The quantitative estimate of drug-likeness (QED) is 0.442. The number of nitrogen functional groups attached to an aromatic ring is 1. The van der Waals surface area contributed by atoms with Crippen molar-refractivity contribution in [2.75, 3.05) is 12.8 Å². The largest absolute Gasteiger partial charge is 0.495 e. The molecule has 19 heavy (non-hydrogen) atoms. The maximum Gasteiger partial charge on any atom is 0.141 e. The van der Waals surface area contributed by atoms with E-state index in [1.807, 2.05) is 0 Å². The predicted octanol–water partition coefficient (Wildman–Crippen LogP) is 5.56. The second kappa shape index (κ2) is 5.68. The van der Waals surface area contributed by atoms with Gasteiger partial charge < -0.3 is 10.5 Å². The minimum atomic E-state index is 0.261. The maximum absolute atomic E-state index is 6.19. The van der Waals surface area contributed by atoms with Gasteiger partial charge in [0.15, 0.2) is 0 Å². The molecule has 0 fully saturated rings. The molecule has 0 heterocycles. The third-order valence-corrected chi connectivity index (χ3v) is 4.19. The average molecular weight is 337 g/mol. The second-order valence-electron chi connectivity index (χ2n) is 3.80. The molecule has 100 valence electrons. The first-order valence-corrected chi connectivity index (χ1v) is 6.73. The first-order chi connectivity index (χ1) is 8.95. The molecule has 0 aliphatic heterocycles. The Labute approximate surface area is 131 Å². The minimum Gasteiger partial charge on any atom is -0.495 e. The lowest BCUT2D eigenvalue weighted by Crippen LogP contribution is -1.93. The summed E-state index contributed by atoms with van der Waals surface area (Å²) in [5.41, 5.74) is 7.68. The maximum atomic E-state index is 6.19. The van der Waals surface area contributed by atoms with Gasteiger partial charge in [-0.2, -0.15) is 0 Å². The molecule has 0 radical (unpaired) electrons. The van der Waals surface area contributed by atoms with Gasteiger partial charge in [0.1, 0.15) is 5.75 Å². The summed E-state index contributed by atoms with van der Waals surface area (Å²) in [6, 6.07) is 6.80. The molecular formula is C13H9Cl4NO. The Morgan fingerprint density at radius 1 is 0.947 bits per heavy atom. The van der Waals surface area contributed by atoms with Crippen LogP contribution in [0.2, 0.25) is 20.1 Å². The van der Waals surface area contributed by atoms with Crippen LogP contribution in [0, 0.1) is 0 Å². The van der Waals surface area contributed by atoms with Crippen LogP contribution in [0.25, 0.3) is 11.1 Å². The molecule has 2 nitrogen and oxygen atoms in total. The number of nitrogens with two attached hydrogens (primary N) is 1. The number of benzene rings is 2. The molecule has 0 saturated heterocycles. The van der Waals surface area contributed by atoms with Crippen molar-refractivity contribution in [1.82, 2.24) is 0 Å². The van der Waals surface area contributed by atoms with Gasteiger partial charge in [0.25, 0.3) is 0 Å². The van der Waals surface area contributed by atoms with Gasteiger partial charge in [0, 0.05) is 5.56 Å². The van der Waals surface area contributed by atoms with E-state index in [1.165, 1.54) is 0 Å². The topological polar surface area (TPSA) is 35.2 Å². The summed E-state index contributed by atoms with van der Waals surface area (Å²) in [6.07, 6.45) is 0. The molecule has 2 aromatic carbocycles. The van der Waals surface area contributed by atoms with Crippen molar-refractivity contribution in [3.8, 4) is 16.9 Å². The van der Waals surface area contributed by atoms with E-state index < -0.39 is 0 Å². The number of hydrogen-bond donors (Lipinski definition) is 1. The first-order valence-electron chi connectivity index (χ1n) is 5.22. The molecule has 2 N–H and O–H groups in total. The van der Waals surface area contributed by atoms with Crippen molar-refractivity contribution in [2.45, 2.75) is 0 Å². The lowest BCUT2D eigenvalue weighted by atomic mass is 10.0. The second-order valence-corrected chi connectivity index (χ2v) is 5.37. The summed E-state index contributed by atoms with van der Waals surface area (Å²) in [5, 5.41) is 1.27. The van der Waals surface area contributed by atoms with Gasteiger partial charge >= 0.3 is 0 Å². The fourth-order valence-corrected chi connectivity index (χ4v) is 2.85. The molecular weight excluding hydrogens is 328 g/mol. The van der Waals surface area contributed by atoms with Crippen LogP contribution in [-0.2, 0) is 0 Å². The molecule has 0 aromatic heterocycles. The van der Waals surface area contributed by atoms with Gasteiger partial charge in [-0.05, 0) is 23.8 Å². The first kappa shape index (κ1) is 14.6. The molecule has 0 bridgehead atoms. The van der Waals surface area contributed by atoms with E-state index in [2.05, 4.69) is 0 Å². The Morgan fingerprint density at radius 2 is 1.63 bits per heavy atom. The molecule has 2 aromatic rings. The van der Waals surface area contributed by atoms with E-state index >= 15 is 0 Å². The van der Waals surface area contributed by atoms with Crippen molar-refractivity contribution in [3.63, 3.8) is 0 Å². The van der Waals surface area contributed by atoms with Gasteiger partial charge in [-0.25, -0.2) is 0 Å². The fourth-order valence-electron chi connectivity index (χ4n) is 1.72. The Bertz CT molecular complexity index is 643. The van der Waals surface area contributed by atoms with Gasteiger partial charge in [-0.3, -0.25) is 0 Å². The molecule has 0 unspecified atom stereocenters. The SMILES string of the molecule is COc1ccc(-c2c(Cl)cc(Cl)c(Cl)c2Cl)cc1N. The highest BCUT2D eigenvalue weighted by atomic mass is 35.5. The number of hydrogen-bond acceptors (Lipinski definition) is 2. The van der Waals surface area contributed by atoms with E-state index in [-0.39, 0.29) is 5.02 Å². The Morgan fingerprint density at radius 3 is 2.21 bits per heavy atom. The van der Waals surface area contributed by atoms with E-state index in [1.54, 1.807) is 31.4 Å². The average Bonchev–Trinajstić information content (AvgIpc) is 2.36. The van der Waals surface area contributed by atoms with Crippen LogP contribution in [0.5, 0.6) is 5.75 Å². The minimum absolute atomic E-state index is 0.261. The van der Waals surface area contributed by atoms with Crippen LogP contribution in [0.1, 0.15) is 0 Å². The summed E-state index contributed by atoms with van der Waals surface area (Å²) in [6.45, 7) is 0.